The minimum absolute atomic E-state index is 0.0264. The summed E-state index contributed by atoms with van der Waals surface area (Å²) in [4.78, 5) is 11.7. The Bertz CT molecular complexity index is 733. The molecule has 6 heteroatoms. The number of carbonyl (C=O) groups is 1. The van der Waals surface area contributed by atoms with Gasteiger partial charge in [-0.25, -0.2) is 4.79 Å². The molecule has 0 aromatic heterocycles. The third kappa shape index (κ3) is 4.64. The Morgan fingerprint density at radius 1 is 1.22 bits per heavy atom. The van der Waals surface area contributed by atoms with Crippen molar-refractivity contribution >= 4 is 17.4 Å². The number of nitrogens with one attached hydrogen (secondary N) is 2. The molecule has 0 radical (unpaired) electrons. The molecule has 4 N–H and O–H groups in total. The van der Waals surface area contributed by atoms with E-state index in [1.807, 2.05) is 13.8 Å². The highest BCUT2D eigenvalue weighted by molar-refractivity contribution is 5.89. The molecule has 0 unspecified atom stereocenters. The Balaban J connectivity index is 2.15. The van der Waals surface area contributed by atoms with Gasteiger partial charge in [0.25, 0.3) is 0 Å². The lowest BCUT2D eigenvalue weighted by molar-refractivity contribution is 0.250. The van der Waals surface area contributed by atoms with Crippen molar-refractivity contribution in [2.45, 2.75) is 19.9 Å². The van der Waals surface area contributed by atoms with Gasteiger partial charge in [-0.3, -0.25) is 0 Å². The monoisotopic (exact) mass is 310 g/mol. The highest BCUT2D eigenvalue weighted by Crippen LogP contribution is 2.27. The Morgan fingerprint density at radius 3 is 2.52 bits per heavy atom. The van der Waals surface area contributed by atoms with Gasteiger partial charge in [0.15, 0.2) is 0 Å². The zero-order chi connectivity index (χ0) is 16.8. The van der Waals surface area contributed by atoms with E-state index >= 15 is 0 Å². The molecule has 0 heterocycles. The van der Waals surface area contributed by atoms with Crippen molar-refractivity contribution in [3.63, 3.8) is 0 Å². The number of nitrogens with two attached hydrogens (primary N) is 1. The van der Waals surface area contributed by atoms with E-state index in [4.69, 9.17) is 10.5 Å². The topological polar surface area (TPSA) is 100 Å². The van der Waals surface area contributed by atoms with Crippen LogP contribution in [0.25, 0.3) is 0 Å². The first-order valence-corrected chi connectivity index (χ1v) is 7.13. The van der Waals surface area contributed by atoms with E-state index in [1.54, 1.807) is 42.5 Å². The van der Waals surface area contributed by atoms with Gasteiger partial charge in [-0.2, -0.15) is 5.26 Å². The molecule has 0 aliphatic heterocycles. The zero-order valence-corrected chi connectivity index (χ0v) is 13.0. The number of urea groups is 1. The molecule has 0 atom stereocenters. The number of nitriles is 1. The second kappa shape index (κ2) is 7.18. The summed E-state index contributed by atoms with van der Waals surface area (Å²) in [5, 5.41) is 14.7. The smallest absolute Gasteiger partial charge is 0.319 e. The van der Waals surface area contributed by atoms with Gasteiger partial charge < -0.3 is 21.1 Å². The van der Waals surface area contributed by atoms with Gasteiger partial charge in [-0.1, -0.05) is 0 Å². The van der Waals surface area contributed by atoms with Crippen LogP contribution in [-0.2, 0) is 0 Å². The molecule has 0 bridgehead atoms. The molecule has 0 aliphatic rings. The first kappa shape index (κ1) is 16.2. The maximum Gasteiger partial charge on any atom is 0.319 e. The van der Waals surface area contributed by atoms with Gasteiger partial charge in [0.05, 0.1) is 5.56 Å². The van der Waals surface area contributed by atoms with E-state index in [2.05, 4.69) is 16.7 Å². The van der Waals surface area contributed by atoms with Gasteiger partial charge >= 0.3 is 6.03 Å². The molecule has 2 aromatic rings. The number of rotatable bonds is 4. The number of benzene rings is 2. The van der Waals surface area contributed by atoms with Gasteiger partial charge in [0.1, 0.15) is 17.6 Å². The van der Waals surface area contributed by atoms with Gasteiger partial charge in [0.2, 0.25) is 0 Å². The van der Waals surface area contributed by atoms with Crippen molar-refractivity contribution in [3.8, 4) is 17.6 Å². The van der Waals surface area contributed by atoms with Gasteiger partial charge in [-0.15, -0.1) is 0 Å². The van der Waals surface area contributed by atoms with Crippen LogP contribution in [0.2, 0.25) is 0 Å². The summed E-state index contributed by atoms with van der Waals surface area (Å²) in [6, 6.07) is 13.5. The number of carbonyl (C=O) groups excluding carboxylic acids is 1. The van der Waals surface area contributed by atoms with Crippen LogP contribution in [0.1, 0.15) is 19.4 Å². The zero-order valence-electron chi connectivity index (χ0n) is 13.0. The lowest BCUT2D eigenvalue weighted by atomic mass is 10.2. The molecule has 118 valence electrons. The number of nitrogen functional groups attached to an aromatic ring is 1. The van der Waals surface area contributed by atoms with Crippen molar-refractivity contribution < 1.29 is 9.53 Å². The minimum atomic E-state index is -0.323. The predicted octanol–water partition coefficient (Wildman–Crippen LogP) is 3.46. The maximum absolute atomic E-state index is 11.7. The summed E-state index contributed by atoms with van der Waals surface area (Å²) in [5.41, 5.74) is 7.10. The number of hydrogen-bond acceptors (Lipinski definition) is 4. The molecular formula is C17H18N4O2. The largest absolute Gasteiger partial charge is 0.456 e. The standard InChI is InChI=1S/C17H18N4O2/c1-11(2)20-17(22)21-14-5-8-16(12(9-14)10-18)23-15-6-3-13(19)4-7-15/h3-9,11H,19H2,1-2H3,(H2,20,21,22). The second-order valence-corrected chi connectivity index (χ2v) is 5.25. The fraction of sp³-hybridized carbons (Fsp3) is 0.176. The summed E-state index contributed by atoms with van der Waals surface area (Å²) >= 11 is 0. The van der Waals surface area contributed by atoms with Crippen LogP contribution in [0.5, 0.6) is 11.5 Å². The van der Waals surface area contributed by atoms with E-state index < -0.39 is 0 Å². The van der Waals surface area contributed by atoms with Crippen LogP contribution in [0, 0.1) is 11.3 Å². The SMILES string of the molecule is CC(C)NC(=O)Nc1ccc(Oc2ccc(N)cc2)c(C#N)c1. The lowest BCUT2D eigenvalue weighted by Crippen LogP contribution is -2.34. The molecule has 23 heavy (non-hydrogen) atoms. The molecule has 0 fully saturated rings. The molecule has 6 nitrogen and oxygen atoms in total. The summed E-state index contributed by atoms with van der Waals surface area (Å²) in [6.45, 7) is 3.73. The first-order chi connectivity index (χ1) is 11.0. The average Bonchev–Trinajstić information content (AvgIpc) is 2.50. The van der Waals surface area contributed by atoms with Crippen LogP contribution in [0.15, 0.2) is 42.5 Å². The number of nitrogens with zero attached hydrogens (tertiary/aromatic N) is 1. The summed E-state index contributed by atoms with van der Waals surface area (Å²) in [5.74, 6) is 0.987. The van der Waals surface area contributed by atoms with Crippen molar-refractivity contribution in [1.29, 1.82) is 5.26 Å². The highest BCUT2D eigenvalue weighted by Gasteiger charge is 2.09. The van der Waals surface area contributed by atoms with Crippen LogP contribution < -0.4 is 21.1 Å². The Hall–Kier alpha value is -3.20. The minimum Gasteiger partial charge on any atom is -0.456 e. The third-order valence-corrected chi connectivity index (χ3v) is 2.89. The fourth-order valence-electron chi connectivity index (χ4n) is 1.88. The van der Waals surface area contributed by atoms with E-state index in [-0.39, 0.29) is 12.1 Å². The van der Waals surface area contributed by atoms with Gasteiger partial charge in [0, 0.05) is 17.4 Å². The highest BCUT2D eigenvalue weighted by atomic mass is 16.5. The fourth-order valence-corrected chi connectivity index (χ4v) is 1.88. The van der Waals surface area contributed by atoms with Crippen molar-refractivity contribution in [2.24, 2.45) is 0 Å². The molecular weight excluding hydrogens is 292 g/mol. The maximum atomic E-state index is 11.7. The number of amides is 2. The average molecular weight is 310 g/mol. The summed E-state index contributed by atoms with van der Waals surface area (Å²) in [6.07, 6.45) is 0. The number of ether oxygens (including phenoxy) is 1. The molecule has 0 saturated carbocycles. The van der Waals surface area contributed by atoms with E-state index in [1.165, 1.54) is 0 Å². The Morgan fingerprint density at radius 2 is 1.91 bits per heavy atom. The third-order valence-electron chi connectivity index (χ3n) is 2.89. The normalized spacial score (nSPS) is 10.0. The lowest BCUT2D eigenvalue weighted by Gasteiger charge is -2.12. The Kier molecular flexibility index (Phi) is 5.05. The molecule has 2 rings (SSSR count). The van der Waals surface area contributed by atoms with Crippen molar-refractivity contribution in [2.75, 3.05) is 11.1 Å². The quantitative estimate of drug-likeness (QED) is 0.753. The predicted molar refractivity (Wildman–Crippen MR) is 89.4 cm³/mol. The van der Waals surface area contributed by atoms with E-state index in [0.717, 1.165) is 0 Å². The second-order valence-electron chi connectivity index (χ2n) is 5.25. The Labute approximate surface area is 134 Å². The van der Waals surface area contributed by atoms with Crippen molar-refractivity contribution in [1.82, 2.24) is 5.32 Å². The summed E-state index contributed by atoms with van der Waals surface area (Å²) < 4.78 is 5.67. The molecule has 0 aliphatic carbocycles. The van der Waals surface area contributed by atoms with Crippen molar-refractivity contribution in [3.05, 3.63) is 48.0 Å². The first-order valence-electron chi connectivity index (χ1n) is 7.13. The molecule has 0 saturated heterocycles. The van der Waals surface area contributed by atoms with E-state index in [9.17, 15) is 10.1 Å². The molecule has 2 aromatic carbocycles. The summed E-state index contributed by atoms with van der Waals surface area (Å²) in [7, 11) is 0. The van der Waals surface area contributed by atoms with Crippen LogP contribution >= 0.6 is 0 Å². The number of hydrogen-bond donors (Lipinski definition) is 3. The van der Waals surface area contributed by atoms with E-state index in [0.29, 0.717) is 28.4 Å². The number of anilines is 2. The van der Waals surface area contributed by atoms with Crippen LogP contribution in [0.3, 0.4) is 0 Å². The van der Waals surface area contributed by atoms with Crippen LogP contribution in [-0.4, -0.2) is 12.1 Å². The van der Waals surface area contributed by atoms with Crippen LogP contribution in [0.4, 0.5) is 16.2 Å². The molecule has 2 amide bonds. The molecule has 0 spiro atoms. The van der Waals surface area contributed by atoms with Gasteiger partial charge in [-0.05, 0) is 56.3 Å².